The van der Waals surface area contributed by atoms with Crippen LogP contribution in [0.2, 0.25) is 0 Å². The molecule has 10 nitrogen and oxygen atoms in total. The summed E-state index contributed by atoms with van der Waals surface area (Å²) >= 11 is 0. The molecule has 8 aliphatic carbocycles. The van der Waals surface area contributed by atoms with Crippen LogP contribution in [0.1, 0.15) is 104 Å². The molecular weight excluding hydrogens is 568 g/mol. The predicted octanol–water partition coefficient (Wildman–Crippen LogP) is 4.98. The number of esters is 4. The molecule has 8 aliphatic rings. The lowest BCUT2D eigenvalue weighted by Crippen LogP contribution is -2.68. The number of carbonyl (C=O) groups is 5. The summed E-state index contributed by atoms with van der Waals surface area (Å²) in [6, 6.07) is 0. The lowest BCUT2D eigenvalue weighted by molar-refractivity contribution is -0.271. The minimum atomic E-state index is -1.03. The zero-order valence-corrected chi connectivity index (χ0v) is 25.8. The Kier molecular flexibility index (Phi) is 7.52. The third-order valence-corrected chi connectivity index (χ3v) is 11.4. The lowest BCUT2D eigenvalue weighted by Gasteiger charge is -2.63. The van der Waals surface area contributed by atoms with Crippen LogP contribution < -0.4 is 0 Å². The quantitative estimate of drug-likeness (QED) is 0.193. The van der Waals surface area contributed by atoms with Gasteiger partial charge in [-0.15, -0.1) is 0 Å². The van der Waals surface area contributed by atoms with E-state index in [1.165, 1.54) is 13.3 Å². The lowest BCUT2D eigenvalue weighted by atomic mass is 9.49. The van der Waals surface area contributed by atoms with Crippen LogP contribution in [0, 0.1) is 29.6 Å². The Hall–Kier alpha value is -3.17. The number of carbonyl (C=O) groups excluding carboxylic acids is 4. The predicted molar refractivity (Wildman–Crippen MR) is 155 cm³/mol. The van der Waals surface area contributed by atoms with E-state index in [0.29, 0.717) is 50.4 Å². The van der Waals surface area contributed by atoms with Gasteiger partial charge in [-0.05, 0) is 82.5 Å². The van der Waals surface area contributed by atoms with E-state index in [0.717, 1.165) is 25.7 Å². The average molecular weight is 613 g/mol. The van der Waals surface area contributed by atoms with Gasteiger partial charge < -0.3 is 24.1 Å². The maximum atomic E-state index is 13.3. The summed E-state index contributed by atoms with van der Waals surface area (Å²) in [5.74, 6) is -1.89. The molecule has 8 bridgehead atoms. The highest BCUT2D eigenvalue weighted by Gasteiger charge is 2.68. The van der Waals surface area contributed by atoms with Crippen molar-refractivity contribution >= 4 is 29.8 Å². The summed E-state index contributed by atoms with van der Waals surface area (Å²) in [5.41, 5.74) is -3.47. The zero-order valence-electron chi connectivity index (χ0n) is 25.8. The molecule has 0 saturated heterocycles. The number of aliphatic carboxylic acids is 1. The second-order valence-corrected chi connectivity index (χ2v) is 15.1. The molecule has 0 spiro atoms. The van der Waals surface area contributed by atoms with Crippen LogP contribution in [-0.2, 0) is 42.9 Å². The van der Waals surface area contributed by atoms with E-state index >= 15 is 0 Å². The van der Waals surface area contributed by atoms with Crippen LogP contribution in [0.25, 0.3) is 0 Å². The molecule has 0 radical (unpaired) electrons. The van der Waals surface area contributed by atoms with Gasteiger partial charge in [0.25, 0.3) is 0 Å². The van der Waals surface area contributed by atoms with Crippen molar-refractivity contribution < 1.29 is 48.0 Å². The van der Waals surface area contributed by atoms with E-state index in [4.69, 9.17) is 18.9 Å². The zero-order chi connectivity index (χ0) is 31.7. The highest BCUT2D eigenvalue weighted by molar-refractivity contribution is 5.89. The maximum absolute atomic E-state index is 13.3. The molecule has 10 heteroatoms. The molecule has 4 atom stereocenters. The largest absolute Gasteiger partial charge is 0.481 e. The van der Waals surface area contributed by atoms with E-state index in [1.54, 1.807) is 6.92 Å². The summed E-state index contributed by atoms with van der Waals surface area (Å²) in [6.07, 6.45) is 7.12. The molecule has 240 valence electrons. The fraction of sp³-hybridized carbons (Fsp3) is 0.735. The van der Waals surface area contributed by atoms with Gasteiger partial charge in [0, 0.05) is 55.6 Å². The molecular formula is C34H44O10. The third-order valence-electron chi connectivity index (χ3n) is 11.4. The normalized spacial score (nSPS) is 40.6. The van der Waals surface area contributed by atoms with Crippen molar-refractivity contribution in [2.24, 2.45) is 29.6 Å². The van der Waals surface area contributed by atoms with Gasteiger partial charge in [0.2, 0.25) is 0 Å². The monoisotopic (exact) mass is 612 g/mol. The Bertz CT molecular complexity index is 1290. The van der Waals surface area contributed by atoms with Crippen molar-refractivity contribution in [3.05, 3.63) is 24.3 Å². The van der Waals surface area contributed by atoms with Gasteiger partial charge in [-0.1, -0.05) is 13.2 Å². The minimum Gasteiger partial charge on any atom is -0.481 e. The molecule has 0 aromatic carbocycles. The van der Waals surface area contributed by atoms with Crippen molar-refractivity contribution in [3.8, 4) is 0 Å². The Morgan fingerprint density at radius 3 is 1.70 bits per heavy atom. The van der Waals surface area contributed by atoms with Gasteiger partial charge in [0.05, 0.1) is 6.42 Å². The number of carboxylic acids is 1. The first-order valence-electron chi connectivity index (χ1n) is 16.1. The molecule has 4 unspecified atom stereocenters. The summed E-state index contributed by atoms with van der Waals surface area (Å²) < 4.78 is 24.0. The highest BCUT2D eigenvalue weighted by Crippen LogP contribution is 2.63. The van der Waals surface area contributed by atoms with Gasteiger partial charge in [0.15, 0.2) is 0 Å². The van der Waals surface area contributed by atoms with Crippen molar-refractivity contribution in [2.75, 3.05) is 0 Å². The van der Waals surface area contributed by atoms with Gasteiger partial charge in [0.1, 0.15) is 22.4 Å². The second kappa shape index (κ2) is 10.7. The van der Waals surface area contributed by atoms with Crippen molar-refractivity contribution in [3.63, 3.8) is 0 Å². The number of hydrogen-bond donors (Lipinski definition) is 1. The van der Waals surface area contributed by atoms with Crippen molar-refractivity contribution in [1.82, 2.24) is 0 Å². The smallest absolute Gasteiger partial charge is 0.333 e. The third kappa shape index (κ3) is 5.58. The van der Waals surface area contributed by atoms with Crippen LogP contribution in [0.15, 0.2) is 24.3 Å². The van der Waals surface area contributed by atoms with E-state index < -0.39 is 52.3 Å². The first-order chi connectivity index (χ1) is 20.6. The molecule has 8 rings (SSSR count). The van der Waals surface area contributed by atoms with Crippen LogP contribution in [-0.4, -0.2) is 57.4 Å². The topological polar surface area (TPSA) is 142 Å². The molecule has 0 aromatic rings. The van der Waals surface area contributed by atoms with Crippen molar-refractivity contribution in [2.45, 2.75) is 126 Å². The van der Waals surface area contributed by atoms with Crippen LogP contribution in [0.4, 0.5) is 0 Å². The summed E-state index contributed by atoms with van der Waals surface area (Å²) in [4.78, 5) is 63.2. The molecule has 0 amide bonds. The Labute approximate surface area is 257 Å². The van der Waals surface area contributed by atoms with Gasteiger partial charge in [-0.25, -0.2) is 9.59 Å². The van der Waals surface area contributed by atoms with E-state index in [-0.39, 0.29) is 48.2 Å². The van der Waals surface area contributed by atoms with Gasteiger partial charge >= 0.3 is 29.8 Å². The van der Waals surface area contributed by atoms with E-state index in [1.807, 2.05) is 0 Å². The Morgan fingerprint density at radius 1 is 0.682 bits per heavy atom. The van der Waals surface area contributed by atoms with Crippen molar-refractivity contribution in [1.29, 1.82) is 0 Å². The number of ether oxygens (including phenoxy) is 4. The van der Waals surface area contributed by atoms with E-state index in [9.17, 15) is 29.1 Å². The van der Waals surface area contributed by atoms with Gasteiger partial charge in [-0.2, -0.15) is 0 Å². The number of hydrogen-bond acceptors (Lipinski definition) is 9. The van der Waals surface area contributed by atoms with Crippen LogP contribution in [0.5, 0.6) is 0 Å². The fourth-order valence-electron chi connectivity index (χ4n) is 10.7. The molecule has 0 aromatic heterocycles. The summed E-state index contributed by atoms with van der Waals surface area (Å²) in [7, 11) is 0. The highest BCUT2D eigenvalue weighted by atomic mass is 16.6. The summed E-state index contributed by atoms with van der Waals surface area (Å²) in [6.45, 7) is 10.5. The van der Waals surface area contributed by atoms with Crippen LogP contribution >= 0.6 is 0 Å². The number of carboxylic acid groups (broad SMARTS) is 1. The van der Waals surface area contributed by atoms with E-state index in [2.05, 4.69) is 13.2 Å². The van der Waals surface area contributed by atoms with Crippen LogP contribution in [0.3, 0.4) is 0 Å². The molecule has 44 heavy (non-hydrogen) atoms. The Morgan fingerprint density at radius 2 is 1.20 bits per heavy atom. The standard InChI is InChI=1S/C34H44O10/c1-19(2)29(39)43-33-14-24-12-31(17-33,41-21(4)35)16-32(13-24,18-33)42-28(38)6-5-20(3)30(40)44-34(15-27(36)37)25-8-22-7-23(10-25)11-26(34)9-22/h22-26H,1,3,5-18H2,2,4H3,(H,36,37). The molecule has 0 aliphatic heterocycles. The first-order valence-corrected chi connectivity index (χ1v) is 16.1. The summed E-state index contributed by atoms with van der Waals surface area (Å²) in [5, 5.41) is 9.76. The number of rotatable bonds is 11. The van der Waals surface area contributed by atoms with Gasteiger partial charge in [-0.3, -0.25) is 14.4 Å². The molecule has 0 heterocycles. The Balaban J connectivity index is 1.11. The molecule has 1 N–H and O–H groups in total. The second-order valence-electron chi connectivity index (χ2n) is 15.1. The minimum absolute atomic E-state index is 0.00574. The maximum Gasteiger partial charge on any atom is 0.333 e. The fourth-order valence-corrected chi connectivity index (χ4v) is 10.7. The SMILES string of the molecule is C=C(C)C(=O)OC12CC3CC(OC(C)=O)(CC(OC(=O)CCC(=C)C(=O)OC4(CC(=O)O)C5CC6CC(C5)CC4C6)(C3)C1)C2. The average Bonchev–Trinajstić information content (AvgIpc) is 2.87. The molecule has 8 saturated carbocycles. The molecule has 8 fully saturated rings. The first kappa shape index (κ1) is 30.8.